The van der Waals surface area contributed by atoms with Crippen LogP contribution in [0.4, 0.5) is 0 Å². The van der Waals surface area contributed by atoms with Crippen LogP contribution >= 0.6 is 17.0 Å². The zero-order valence-corrected chi connectivity index (χ0v) is 18.5. The molecule has 0 saturated carbocycles. The zero-order valence-electron chi connectivity index (χ0n) is 14.6. The first-order valence-electron chi connectivity index (χ1n) is 6.87. The summed E-state index contributed by atoms with van der Waals surface area (Å²) in [5.41, 5.74) is 6.69. The molecule has 134 valence electrons. The molecular formula is C18H29Cl2NOZr-4. The number of rotatable bonds is 1. The Balaban J connectivity index is -0.000000250. The van der Waals surface area contributed by atoms with Gasteiger partial charge in [-0.1, -0.05) is 26.8 Å². The molecule has 0 bridgehead atoms. The molecule has 2 N–H and O–H groups in total. The van der Waals surface area contributed by atoms with Crippen LogP contribution in [0, 0.1) is 14.4 Å². The molecule has 2 nitrogen and oxygen atoms in total. The van der Waals surface area contributed by atoms with Gasteiger partial charge in [0.25, 0.3) is 0 Å². The van der Waals surface area contributed by atoms with E-state index in [4.69, 9.17) is 27.9 Å². The van der Waals surface area contributed by atoms with Crippen molar-refractivity contribution in [1.29, 1.82) is 0 Å². The second kappa shape index (κ2) is 16.9. The fraction of sp³-hybridized carbons (Fsp3) is 0.333. The predicted octanol–water partition coefficient (Wildman–Crippen LogP) is 6.39. The van der Waals surface area contributed by atoms with E-state index in [0.717, 1.165) is 0 Å². The van der Waals surface area contributed by atoms with E-state index in [1.165, 1.54) is 10.8 Å². The van der Waals surface area contributed by atoms with Crippen molar-refractivity contribution in [3.63, 3.8) is 0 Å². The van der Waals surface area contributed by atoms with Gasteiger partial charge in [0.1, 0.15) is 0 Å². The second-order valence-corrected chi connectivity index (χ2v) is 13.5. The Kier molecular flexibility index (Phi) is 20.5. The topological polar surface area (TPSA) is 44.0 Å². The number of halogens is 2. The Morgan fingerprint density at radius 1 is 1.26 bits per heavy atom. The van der Waals surface area contributed by atoms with E-state index in [0.29, 0.717) is 6.42 Å². The van der Waals surface area contributed by atoms with Crippen LogP contribution in [0.3, 0.4) is 0 Å². The number of hydrogen-bond donors (Lipinski definition) is 1. The van der Waals surface area contributed by atoms with E-state index >= 15 is 0 Å². The van der Waals surface area contributed by atoms with Crippen molar-refractivity contribution < 1.29 is 24.0 Å². The largest absolute Gasteiger partial charge is 0.358 e. The molecule has 0 aliphatic heterocycles. The Morgan fingerprint density at radius 2 is 1.65 bits per heavy atom. The summed E-state index contributed by atoms with van der Waals surface area (Å²) in [7, 11) is 10.3. The standard InChI is InChI=1S/C9H7.C4H10N.C3H7O.CH3.CH2.2ClH.Zr/c1-2-5-9-7-3-6-8(9)4-1;1-4(2,3)5;1-2-3-4;;;;;/h1-7H;5H,1-3H3;4H,1-3H2;1H3;1H2;2*1H;/q4*-1;;;;+2/p-2. The fourth-order valence-electron chi connectivity index (χ4n) is 1.07. The molecule has 0 amide bonds. The molecular weight excluding hydrogens is 408 g/mol. The van der Waals surface area contributed by atoms with Gasteiger partial charge in [-0.05, 0) is 0 Å². The quantitative estimate of drug-likeness (QED) is 0.516. The number of aliphatic hydroxyl groups excluding tert-OH is 1. The monoisotopic (exact) mass is 435 g/mol. The molecule has 0 aromatic heterocycles. The van der Waals surface area contributed by atoms with Crippen LogP contribution in [0.5, 0.6) is 0 Å². The SMILES string of the molecule is CC(C)(C)[NH-].[CH2-]CCO.[CH2]=[Zr]([Cl])[Cl].[CH3-].c1ccc2[cH-]ccc2c1. The van der Waals surface area contributed by atoms with Gasteiger partial charge in [-0.25, -0.2) is 0 Å². The van der Waals surface area contributed by atoms with Crippen LogP contribution < -0.4 is 0 Å². The van der Waals surface area contributed by atoms with Gasteiger partial charge in [0.15, 0.2) is 0 Å². The van der Waals surface area contributed by atoms with Gasteiger partial charge in [-0.2, -0.15) is 23.9 Å². The van der Waals surface area contributed by atoms with Gasteiger partial charge in [0, 0.05) is 6.61 Å². The van der Waals surface area contributed by atoms with E-state index in [9.17, 15) is 0 Å². The van der Waals surface area contributed by atoms with E-state index in [-0.39, 0.29) is 19.6 Å². The van der Waals surface area contributed by atoms with Crippen molar-refractivity contribution in [2.24, 2.45) is 0 Å². The third-order valence-corrected chi connectivity index (χ3v) is 1.71. The van der Waals surface area contributed by atoms with Crippen LogP contribution in [-0.4, -0.2) is 21.5 Å². The zero-order chi connectivity index (χ0) is 17.6. The third kappa shape index (κ3) is 27.2. The van der Waals surface area contributed by atoms with Crippen molar-refractivity contribution in [2.75, 3.05) is 6.61 Å². The Morgan fingerprint density at radius 3 is 2.00 bits per heavy atom. The minimum atomic E-state index is -1.85. The van der Waals surface area contributed by atoms with Crippen molar-refractivity contribution in [3.8, 4) is 0 Å². The minimum absolute atomic E-state index is 0. The minimum Gasteiger partial charge on any atom is -0.358 e. The number of aliphatic hydroxyl groups is 1. The van der Waals surface area contributed by atoms with E-state index in [1.54, 1.807) is 0 Å². The summed E-state index contributed by atoms with van der Waals surface area (Å²) in [6.07, 6.45) is 0.625. The van der Waals surface area contributed by atoms with Crippen molar-refractivity contribution in [3.05, 3.63) is 62.5 Å². The molecule has 0 fully saturated rings. The van der Waals surface area contributed by atoms with Crippen molar-refractivity contribution in [1.82, 2.24) is 0 Å². The molecule has 0 aliphatic rings. The summed E-state index contributed by atoms with van der Waals surface area (Å²) in [6, 6.07) is 14.7. The normalized spacial score (nSPS) is 9.04. The molecule has 0 heterocycles. The van der Waals surface area contributed by atoms with Gasteiger partial charge in [0.05, 0.1) is 0 Å². The molecule has 0 atom stereocenters. The Bertz CT molecular complexity index is 465. The molecule has 0 unspecified atom stereocenters. The third-order valence-electron chi connectivity index (χ3n) is 1.71. The molecule has 2 aromatic rings. The summed E-state index contributed by atoms with van der Waals surface area (Å²) in [5.74, 6) is 0. The first kappa shape index (κ1) is 27.9. The maximum atomic E-state index is 7.81. The van der Waals surface area contributed by atoms with Crippen molar-refractivity contribution in [2.45, 2.75) is 32.7 Å². The van der Waals surface area contributed by atoms with Crippen LogP contribution in [0.2, 0.25) is 0 Å². The average molecular weight is 438 g/mol. The fourth-order valence-corrected chi connectivity index (χ4v) is 1.07. The van der Waals surface area contributed by atoms with E-state index in [2.05, 4.69) is 53.6 Å². The van der Waals surface area contributed by atoms with Crippen LogP contribution in [0.25, 0.3) is 16.5 Å². The van der Waals surface area contributed by atoms with Crippen molar-refractivity contribution >= 4 is 32.0 Å². The summed E-state index contributed by atoms with van der Waals surface area (Å²) < 4.78 is 3.37. The summed E-state index contributed by atoms with van der Waals surface area (Å²) >= 11 is -1.85. The number of hydrogen-bond acceptors (Lipinski definition) is 1. The summed E-state index contributed by atoms with van der Waals surface area (Å²) in [5, 5.41) is 10.5. The summed E-state index contributed by atoms with van der Waals surface area (Å²) in [4.78, 5) is 0. The molecule has 23 heavy (non-hydrogen) atoms. The predicted molar refractivity (Wildman–Crippen MR) is 106 cm³/mol. The Labute approximate surface area is 157 Å². The molecule has 2 aromatic carbocycles. The van der Waals surface area contributed by atoms with Gasteiger partial charge >= 0.3 is 40.1 Å². The molecule has 0 aliphatic carbocycles. The molecule has 0 spiro atoms. The van der Waals surface area contributed by atoms with Gasteiger partial charge < -0.3 is 25.2 Å². The number of nitrogens with one attached hydrogen (secondary N) is 1. The smallest absolute Gasteiger partial charge is 0.0809 e. The molecule has 5 heteroatoms. The van der Waals surface area contributed by atoms with Crippen LogP contribution in [-0.2, 0) is 18.9 Å². The molecule has 0 saturated heterocycles. The Hall–Kier alpha value is 0.0831. The number of fused-ring (bicyclic) bond motifs is 1. The van der Waals surface area contributed by atoms with Gasteiger partial charge in [0.2, 0.25) is 0 Å². The van der Waals surface area contributed by atoms with Crippen LogP contribution in [0.1, 0.15) is 27.2 Å². The second-order valence-electron chi connectivity index (χ2n) is 5.32. The maximum Gasteiger partial charge on any atom is -0.0809 e. The molecule has 2 rings (SSSR count). The van der Waals surface area contributed by atoms with E-state index in [1.807, 2.05) is 20.8 Å². The number of benzene rings is 1. The maximum absolute atomic E-state index is 7.81. The molecule has 0 radical (unpaired) electrons. The first-order valence-corrected chi connectivity index (χ1v) is 14.9. The van der Waals surface area contributed by atoms with Gasteiger partial charge in [-0.3, -0.25) is 0 Å². The van der Waals surface area contributed by atoms with Gasteiger partial charge in [-0.15, -0.1) is 35.2 Å². The average Bonchev–Trinajstić information content (AvgIpc) is 2.84. The first-order chi connectivity index (χ1) is 10.1. The van der Waals surface area contributed by atoms with Crippen LogP contribution in [0.15, 0.2) is 42.5 Å². The summed E-state index contributed by atoms with van der Waals surface area (Å²) in [6.45, 7) is 9.12. The van der Waals surface area contributed by atoms with E-state index < -0.39 is 18.9 Å².